The fourth-order valence-electron chi connectivity index (χ4n) is 1.67. The molecule has 0 aliphatic carbocycles. The normalized spacial score (nSPS) is 12.9. The maximum atomic E-state index is 12.0. The van der Waals surface area contributed by atoms with E-state index >= 15 is 0 Å². The van der Waals surface area contributed by atoms with Crippen LogP contribution in [-0.2, 0) is 0 Å². The third-order valence-corrected chi connectivity index (χ3v) is 3.78. The SMILES string of the molecule is CC(CNc1cc(C(=O)N(C)C)ccc1N)C(C)(C)C. The van der Waals surface area contributed by atoms with Gasteiger partial charge in [0.1, 0.15) is 0 Å². The highest BCUT2D eigenvalue weighted by molar-refractivity contribution is 5.95. The fourth-order valence-corrected chi connectivity index (χ4v) is 1.67. The minimum Gasteiger partial charge on any atom is -0.397 e. The van der Waals surface area contributed by atoms with Crippen molar-refractivity contribution in [3.8, 4) is 0 Å². The standard InChI is InChI=1S/C16H27N3O/c1-11(16(2,3)4)10-18-14-9-12(7-8-13(14)17)15(20)19(5)6/h7-9,11,18H,10,17H2,1-6H3. The summed E-state index contributed by atoms with van der Waals surface area (Å²) in [5.74, 6) is 0.479. The number of nitrogens with zero attached hydrogens (tertiary/aromatic N) is 1. The van der Waals surface area contributed by atoms with Crippen LogP contribution < -0.4 is 11.1 Å². The van der Waals surface area contributed by atoms with Gasteiger partial charge in [0, 0.05) is 26.2 Å². The quantitative estimate of drug-likeness (QED) is 0.832. The zero-order valence-electron chi connectivity index (χ0n) is 13.4. The summed E-state index contributed by atoms with van der Waals surface area (Å²) in [5.41, 5.74) is 8.35. The van der Waals surface area contributed by atoms with Crippen molar-refractivity contribution in [1.82, 2.24) is 4.90 Å². The van der Waals surface area contributed by atoms with Crippen molar-refractivity contribution in [3.05, 3.63) is 23.8 Å². The number of amides is 1. The predicted molar refractivity (Wildman–Crippen MR) is 86.0 cm³/mol. The molecule has 1 atom stereocenters. The van der Waals surface area contributed by atoms with Gasteiger partial charge in [-0.05, 0) is 29.5 Å². The zero-order valence-corrected chi connectivity index (χ0v) is 13.4. The highest BCUT2D eigenvalue weighted by Gasteiger charge is 2.20. The molecule has 0 aromatic heterocycles. The Morgan fingerprint density at radius 3 is 2.45 bits per heavy atom. The molecule has 20 heavy (non-hydrogen) atoms. The molecule has 0 heterocycles. The van der Waals surface area contributed by atoms with Gasteiger partial charge < -0.3 is 16.0 Å². The Kier molecular flexibility index (Phi) is 5.03. The highest BCUT2D eigenvalue weighted by Crippen LogP contribution is 2.27. The maximum absolute atomic E-state index is 12.0. The lowest BCUT2D eigenvalue weighted by Crippen LogP contribution is -2.25. The average molecular weight is 277 g/mol. The first kappa shape index (κ1) is 16.3. The molecule has 0 bridgehead atoms. The molecule has 1 unspecified atom stereocenters. The van der Waals surface area contributed by atoms with E-state index in [1.165, 1.54) is 0 Å². The highest BCUT2D eigenvalue weighted by atomic mass is 16.2. The van der Waals surface area contributed by atoms with E-state index in [0.717, 1.165) is 12.2 Å². The lowest BCUT2D eigenvalue weighted by molar-refractivity contribution is 0.0827. The maximum Gasteiger partial charge on any atom is 0.253 e. The van der Waals surface area contributed by atoms with E-state index in [0.29, 0.717) is 17.2 Å². The number of nitrogens with two attached hydrogens (primary N) is 1. The van der Waals surface area contributed by atoms with Crippen LogP contribution in [0.15, 0.2) is 18.2 Å². The van der Waals surface area contributed by atoms with Gasteiger partial charge in [-0.25, -0.2) is 0 Å². The number of anilines is 2. The van der Waals surface area contributed by atoms with Crippen molar-refractivity contribution < 1.29 is 4.79 Å². The van der Waals surface area contributed by atoms with Crippen LogP contribution in [-0.4, -0.2) is 31.4 Å². The lowest BCUT2D eigenvalue weighted by Gasteiger charge is -2.28. The van der Waals surface area contributed by atoms with Gasteiger partial charge in [-0.2, -0.15) is 0 Å². The third-order valence-electron chi connectivity index (χ3n) is 3.78. The van der Waals surface area contributed by atoms with Gasteiger partial charge in [-0.1, -0.05) is 27.7 Å². The van der Waals surface area contributed by atoms with Crippen molar-refractivity contribution in [1.29, 1.82) is 0 Å². The molecule has 1 aromatic carbocycles. The summed E-state index contributed by atoms with van der Waals surface area (Å²) in [7, 11) is 3.49. The molecular weight excluding hydrogens is 250 g/mol. The van der Waals surface area contributed by atoms with Crippen LogP contribution in [0.1, 0.15) is 38.1 Å². The number of carbonyl (C=O) groups excluding carboxylic acids is 1. The molecule has 0 fully saturated rings. The van der Waals surface area contributed by atoms with Gasteiger partial charge in [0.2, 0.25) is 0 Å². The average Bonchev–Trinajstić information content (AvgIpc) is 2.35. The van der Waals surface area contributed by atoms with E-state index in [1.54, 1.807) is 31.1 Å². The molecule has 0 radical (unpaired) electrons. The summed E-state index contributed by atoms with van der Waals surface area (Å²) in [6, 6.07) is 5.36. The summed E-state index contributed by atoms with van der Waals surface area (Å²) in [6.45, 7) is 9.68. The van der Waals surface area contributed by atoms with Gasteiger partial charge in [0.25, 0.3) is 5.91 Å². The number of nitrogen functional groups attached to an aromatic ring is 1. The Balaban J connectivity index is 2.85. The van der Waals surface area contributed by atoms with E-state index in [2.05, 4.69) is 33.0 Å². The molecule has 4 nitrogen and oxygen atoms in total. The second-order valence-corrected chi connectivity index (χ2v) is 6.65. The number of nitrogens with one attached hydrogen (secondary N) is 1. The molecular formula is C16H27N3O. The number of hydrogen-bond donors (Lipinski definition) is 2. The Morgan fingerprint density at radius 2 is 1.95 bits per heavy atom. The molecule has 112 valence electrons. The first-order chi connectivity index (χ1) is 9.12. The van der Waals surface area contributed by atoms with Crippen LogP contribution in [0.5, 0.6) is 0 Å². The zero-order chi connectivity index (χ0) is 15.5. The van der Waals surface area contributed by atoms with Gasteiger partial charge in [0.15, 0.2) is 0 Å². The summed E-state index contributed by atoms with van der Waals surface area (Å²) in [6.07, 6.45) is 0. The molecule has 1 aromatic rings. The number of rotatable bonds is 4. The Hall–Kier alpha value is -1.71. The molecule has 3 N–H and O–H groups in total. The van der Waals surface area contributed by atoms with Crippen molar-refractivity contribution in [2.24, 2.45) is 11.3 Å². The lowest BCUT2D eigenvalue weighted by atomic mass is 9.82. The summed E-state index contributed by atoms with van der Waals surface area (Å²) >= 11 is 0. The molecule has 0 saturated carbocycles. The predicted octanol–water partition coefficient (Wildman–Crippen LogP) is 3.06. The molecule has 1 amide bonds. The van der Waals surface area contributed by atoms with Gasteiger partial charge >= 0.3 is 0 Å². The van der Waals surface area contributed by atoms with E-state index in [9.17, 15) is 4.79 Å². The summed E-state index contributed by atoms with van der Waals surface area (Å²) < 4.78 is 0. The molecule has 0 spiro atoms. The van der Waals surface area contributed by atoms with Crippen LogP contribution in [0.2, 0.25) is 0 Å². The Bertz CT molecular complexity index is 475. The molecule has 0 saturated heterocycles. The van der Waals surface area contributed by atoms with Crippen molar-refractivity contribution in [2.45, 2.75) is 27.7 Å². The fraction of sp³-hybridized carbons (Fsp3) is 0.562. The van der Waals surface area contributed by atoms with Crippen molar-refractivity contribution in [3.63, 3.8) is 0 Å². The summed E-state index contributed by atoms with van der Waals surface area (Å²) in [4.78, 5) is 13.5. The first-order valence-corrected chi connectivity index (χ1v) is 6.98. The smallest absolute Gasteiger partial charge is 0.253 e. The Labute approximate surface area is 122 Å². The molecule has 4 heteroatoms. The van der Waals surface area contributed by atoms with Gasteiger partial charge in [-0.3, -0.25) is 4.79 Å². The van der Waals surface area contributed by atoms with Crippen LogP contribution >= 0.6 is 0 Å². The third kappa shape index (κ3) is 4.15. The van der Waals surface area contributed by atoms with E-state index in [-0.39, 0.29) is 11.3 Å². The monoisotopic (exact) mass is 277 g/mol. The number of hydrogen-bond acceptors (Lipinski definition) is 3. The molecule has 0 aliphatic heterocycles. The van der Waals surface area contributed by atoms with Crippen LogP contribution in [0, 0.1) is 11.3 Å². The van der Waals surface area contributed by atoms with Crippen LogP contribution in [0.3, 0.4) is 0 Å². The van der Waals surface area contributed by atoms with Crippen LogP contribution in [0.25, 0.3) is 0 Å². The van der Waals surface area contributed by atoms with E-state index in [4.69, 9.17) is 5.73 Å². The molecule has 0 aliphatic rings. The second-order valence-electron chi connectivity index (χ2n) is 6.65. The minimum atomic E-state index is -0.0167. The molecule has 1 rings (SSSR count). The largest absolute Gasteiger partial charge is 0.397 e. The van der Waals surface area contributed by atoms with Gasteiger partial charge in [-0.15, -0.1) is 0 Å². The van der Waals surface area contributed by atoms with Crippen LogP contribution in [0.4, 0.5) is 11.4 Å². The van der Waals surface area contributed by atoms with Crippen molar-refractivity contribution in [2.75, 3.05) is 31.7 Å². The van der Waals surface area contributed by atoms with E-state index < -0.39 is 0 Å². The van der Waals surface area contributed by atoms with Crippen molar-refractivity contribution >= 4 is 17.3 Å². The second kappa shape index (κ2) is 6.16. The first-order valence-electron chi connectivity index (χ1n) is 6.98. The van der Waals surface area contributed by atoms with E-state index in [1.807, 2.05) is 6.07 Å². The topological polar surface area (TPSA) is 58.4 Å². The Morgan fingerprint density at radius 1 is 1.35 bits per heavy atom. The summed E-state index contributed by atoms with van der Waals surface area (Å²) in [5, 5.41) is 3.36. The minimum absolute atomic E-state index is 0.0167. The number of benzene rings is 1. The van der Waals surface area contributed by atoms with Gasteiger partial charge in [0.05, 0.1) is 11.4 Å². The number of carbonyl (C=O) groups is 1.